The Morgan fingerprint density at radius 2 is 2.26 bits per heavy atom. The maximum atomic E-state index is 11.8. The molecule has 0 unspecified atom stereocenters. The first-order chi connectivity index (χ1) is 9.20. The van der Waals surface area contributed by atoms with Gasteiger partial charge in [0, 0.05) is 11.9 Å². The molecule has 2 N–H and O–H groups in total. The fourth-order valence-electron chi connectivity index (χ4n) is 1.94. The number of amides is 1. The molecule has 0 radical (unpaired) electrons. The van der Waals surface area contributed by atoms with Crippen molar-refractivity contribution in [2.45, 2.75) is 13.3 Å². The molecule has 0 atom stereocenters. The fourth-order valence-corrected chi connectivity index (χ4v) is 1.94. The molecular weight excluding hydrogens is 242 g/mol. The molecule has 3 aromatic rings. The van der Waals surface area contributed by atoms with Crippen LogP contribution in [0.2, 0.25) is 0 Å². The number of H-pyrrole nitrogens is 1. The van der Waals surface area contributed by atoms with Crippen molar-refractivity contribution in [3.05, 3.63) is 47.8 Å². The highest BCUT2D eigenvalue weighted by atomic mass is 16.4. The quantitative estimate of drug-likeness (QED) is 0.755. The molecule has 0 fully saturated rings. The van der Waals surface area contributed by atoms with Gasteiger partial charge in [0.25, 0.3) is 0 Å². The number of nitrogens with zero attached hydrogens (tertiary/aromatic N) is 1. The van der Waals surface area contributed by atoms with Gasteiger partial charge in [-0.15, -0.1) is 0 Å². The van der Waals surface area contributed by atoms with Crippen molar-refractivity contribution in [2.24, 2.45) is 0 Å². The summed E-state index contributed by atoms with van der Waals surface area (Å²) in [5, 5.41) is 2.66. The maximum absolute atomic E-state index is 11.8. The number of benzene rings is 1. The lowest BCUT2D eigenvalue weighted by Gasteiger charge is -1.98. The highest BCUT2D eigenvalue weighted by Gasteiger charge is 2.10. The highest BCUT2D eigenvalue weighted by Crippen LogP contribution is 2.18. The van der Waals surface area contributed by atoms with Gasteiger partial charge in [-0.1, -0.05) is 12.1 Å². The number of hydrogen-bond donors (Lipinski definition) is 2. The summed E-state index contributed by atoms with van der Waals surface area (Å²) >= 11 is 0. The summed E-state index contributed by atoms with van der Waals surface area (Å²) in [4.78, 5) is 19.1. The minimum absolute atomic E-state index is 0.148. The lowest BCUT2D eigenvalue weighted by Crippen LogP contribution is -2.14. The molecule has 19 heavy (non-hydrogen) atoms. The molecule has 3 rings (SSSR count). The second-order valence-corrected chi connectivity index (χ2v) is 4.40. The van der Waals surface area contributed by atoms with Crippen molar-refractivity contribution in [1.29, 1.82) is 0 Å². The van der Waals surface area contributed by atoms with Crippen LogP contribution in [0.25, 0.3) is 11.1 Å². The van der Waals surface area contributed by atoms with Gasteiger partial charge in [0.15, 0.2) is 5.58 Å². The van der Waals surface area contributed by atoms with E-state index in [9.17, 15) is 4.79 Å². The van der Waals surface area contributed by atoms with E-state index in [4.69, 9.17) is 4.42 Å². The number of rotatable bonds is 3. The standard InChI is InChI=1S/C14H13N3O2/c1-9-6-10(8-15-9)7-13(18)17-14-16-11-4-2-3-5-12(11)19-14/h2-6,8,15H,7H2,1H3,(H,16,17,18). The minimum atomic E-state index is -0.148. The van der Waals surface area contributed by atoms with Crippen LogP contribution in [0.1, 0.15) is 11.3 Å². The molecule has 0 saturated carbocycles. The van der Waals surface area contributed by atoms with E-state index in [1.807, 2.05) is 43.5 Å². The van der Waals surface area contributed by atoms with E-state index in [-0.39, 0.29) is 11.9 Å². The number of aromatic amines is 1. The second-order valence-electron chi connectivity index (χ2n) is 4.40. The SMILES string of the molecule is Cc1cc(CC(=O)Nc2nc3ccccc3o2)c[nH]1. The van der Waals surface area contributed by atoms with Gasteiger partial charge in [0.1, 0.15) is 5.52 Å². The van der Waals surface area contributed by atoms with Crippen LogP contribution in [0.15, 0.2) is 40.9 Å². The summed E-state index contributed by atoms with van der Waals surface area (Å²) in [6, 6.07) is 9.56. The van der Waals surface area contributed by atoms with E-state index < -0.39 is 0 Å². The van der Waals surface area contributed by atoms with Gasteiger partial charge < -0.3 is 9.40 Å². The molecule has 0 bridgehead atoms. The largest absolute Gasteiger partial charge is 0.423 e. The molecule has 2 heterocycles. The number of nitrogens with one attached hydrogen (secondary N) is 2. The van der Waals surface area contributed by atoms with Crippen LogP contribution in [-0.2, 0) is 11.2 Å². The summed E-state index contributed by atoms with van der Waals surface area (Å²) < 4.78 is 5.43. The molecule has 5 nitrogen and oxygen atoms in total. The van der Waals surface area contributed by atoms with Gasteiger partial charge in [-0.2, -0.15) is 4.98 Å². The van der Waals surface area contributed by atoms with E-state index >= 15 is 0 Å². The Hall–Kier alpha value is -2.56. The Balaban J connectivity index is 1.72. The van der Waals surface area contributed by atoms with Crippen LogP contribution in [-0.4, -0.2) is 15.9 Å². The van der Waals surface area contributed by atoms with Gasteiger partial charge >= 0.3 is 6.01 Å². The average Bonchev–Trinajstić information content (AvgIpc) is 2.94. The zero-order valence-corrected chi connectivity index (χ0v) is 10.4. The summed E-state index contributed by atoms with van der Waals surface area (Å²) in [5.41, 5.74) is 3.36. The predicted octanol–water partition coefficient (Wildman–Crippen LogP) is 2.65. The number of hydrogen-bond acceptors (Lipinski definition) is 3. The van der Waals surface area contributed by atoms with Crippen LogP contribution in [0, 0.1) is 6.92 Å². The van der Waals surface area contributed by atoms with Crippen molar-refractivity contribution in [1.82, 2.24) is 9.97 Å². The lowest BCUT2D eigenvalue weighted by molar-refractivity contribution is -0.115. The Morgan fingerprint density at radius 1 is 1.42 bits per heavy atom. The third-order valence-electron chi connectivity index (χ3n) is 2.79. The Bertz CT molecular complexity index is 694. The smallest absolute Gasteiger partial charge is 0.302 e. The van der Waals surface area contributed by atoms with Gasteiger partial charge in [0.2, 0.25) is 5.91 Å². The molecule has 0 aliphatic rings. The number of fused-ring (bicyclic) bond motifs is 1. The molecule has 5 heteroatoms. The van der Waals surface area contributed by atoms with Crippen molar-refractivity contribution >= 4 is 23.0 Å². The topological polar surface area (TPSA) is 70.9 Å². The molecule has 2 aromatic heterocycles. The number of aromatic nitrogens is 2. The van der Waals surface area contributed by atoms with Crippen LogP contribution in [0.3, 0.4) is 0 Å². The number of anilines is 1. The number of carbonyl (C=O) groups excluding carboxylic acids is 1. The van der Waals surface area contributed by atoms with Gasteiger partial charge in [0.05, 0.1) is 6.42 Å². The third kappa shape index (κ3) is 2.49. The van der Waals surface area contributed by atoms with Crippen molar-refractivity contribution in [2.75, 3.05) is 5.32 Å². The molecule has 0 saturated heterocycles. The molecule has 1 amide bonds. The number of aryl methyl sites for hydroxylation is 1. The molecule has 96 valence electrons. The first-order valence-electron chi connectivity index (χ1n) is 6.00. The molecule has 0 aliphatic heterocycles. The highest BCUT2D eigenvalue weighted by molar-refractivity contribution is 5.91. The zero-order chi connectivity index (χ0) is 13.2. The van der Waals surface area contributed by atoms with E-state index in [1.54, 1.807) is 0 Å². The number of para-hydroxylation sites is 2. The van der Waals surface area contributed by atoms with Crippen LogP contribution in [0.5, 0.6) is 0 Å². The van der Waals surface area contributed by atoms with Crippen molar-refractivity contribution < 1.29 is 9.21 Å². The van der Waals surface area contributed by atoms with Crippen LogP contribution < -0.4 is 5.32 Å². The minimum Gasteiger partial charge on any atom is -0.423 e. The Morgan fingerprint density at radius 3 is 3.00 bits per heavy atom. The third-order valence-corrected chi connectivity index (χ3v) is 2.79. The predicted molar refractivity (Wildman–Crippen MR) is 71.9 cm³/mol. The van der Waals surface area contributed by atoms with E-state index in [1.165, 1.54) is 0 Å². The summed E-state index contributed by atoms with van der Waals surface area (Å²) in [5.74, 6) is -0.148. The lowest BCUT2D eigenvalue weighted by atomic mass is 10.2. The molecular formula is C14H13N3O2. The van der Waals surface area contributed by atoms with Crippen LogP contribution >= 0.6 is 0 Å². The molecule has 0 spiro atoms. The first kappa shape index (κ1) is 11.5. The Labute approximate surface area is 109 Å². The van der Waals surface area contributed by atoms with Gasteiger partial charge in [-0.25, -0.2) is 0 Å². The van der Waals surface area contributed by atoms with Crippen molar-refractivity contribution in [3.8, 4) is 0 Å². The van der Waals surface area contributed by atoms with Gasteiger partial charge in [-0.05, 0) is 30.7 Å². The second kappa shape index (κ2) is 4.61. The van der Waals surface area contributed by atoms with E-state index in [2.05, 4.69) is 15.3 Å². The van der Waals surface area contributed by atoms with Crippen molar-refractivity contribution in [3.63, 3.8) is 0 Å². The number of carbonyl (C=O) groups is 1. The molecule has 0 aliphatic carbocycles. The summed E-state index contributed by atoms with van der Waals surface area (Å²) in [6.45, 7) is 1.95. The first-order valence-corrected chi connectivity index (χ1v) is 6.00. The fraction of sp³-hybridized carbons (Fsp3) is 0.143. The molecule has 1 aromatic carbocycles. The summed E-state index contributed by atoms with van der Waals surface area (Å²) in [7, 11) is 0. The van der Waals surface area contributed by atoms with Crippen LogP contribution in [0.4, 0.5) is 6.01 Å². The monoisotopic (exact) mass is 255 g/mol. The maximum Gasteiger partial charge on any atom is 0.302 e. The number of oxazole rings is 1. The average molecular weight is 255 g/mol. The Kier molecular flexibility index (Phi) is 2.79. The summed E-state index contributed by atoms with van der Waals surface area (Å²) in [6.07, 6.45) is 2.12. The van der Waals surface area contributed by atoms with E-state index in [0.717, 1.165) is 16.8 Å². The zero-order valence-electron chi connectivity index (χ0n) is 10.4. The normalized spacial score (nSPS) is 10.8. The van der Waals surface area contributed by atoms with E-state index in [0.29, 0.717) is 12.0 Å². The van der Waals surface area contributed by atoms with Gasteiger partial charge in [-0.3, -0.25) is 10.1 Å².